The summed E-state index contributed by atoms with van der Waals surface area (Å²) in [5.41, 5.74) is 4.61. The Morgan fingerprint density at radius 3 is 2.74 bits per heavy atom. The number of fused-ring (bicyclic) bond motifs is 1. The Labute approximate surface area is 184 Å². The third kappa shape index (κ3) is 3.81. The van der Waals surface area contributed by atoms with Gasteiger partial charge < -0.3 is 19.9 Å². The molecule has 0 radical (unpaired) electrons. The van der Waals surface area contributed by atoms with Crippen molar-refractivity contribution in [2.45, 2.75) is 19.3 Å². The van der Waals surface area contributed by atoms with Gasteiger partial charge in [-0.2, -0.15) is 0 Å². The summed E-state index contributed by atoms with van der Waals surface area (Å²) in [5, 5.41) is 4.81. The lowest BCUT2D eigenvalue weighted by atomic mass is 9.80. The first-order valence-corrected chi connectivity index (χ1v) is 11.2. The molecule has 1 atom stereocenters. The second kappa shape index (κ2) is 8.00. The highest BCUT2D eigenvalue weighted by Gasteiger charge is 2.39. The first-order valence-electron chi connectivity index (χ1n) is 11.2. The smallest absolute Gasteiger partial charge is 0.127 e. The van der Waals surface area contributed by atoms with Crippen LogP contribution < -0.4 is 19.9 Å². The second-order valence-corrected chi connectivity index (χ2v) is 9.16. The Kier molecular flexibility index (Phi) is 5.18. The molecule has 6 nitrogen and oxygen atoms in total. The summed E-state index contributed by atoms with van der Waals surface area (Å²) < 4.78 is 5.49. The van der Waals surface area contributed by atoms with Crippen molar-refractivity contribution in [3.05, 3.63) is 42.6 Å². The van der Waals surface area contributed by atoms with Crippen LogP contribution >= 0.6 is 0 Å². The number of anilines is 2. The first kappa shape index (κ1) is 20.1. The molecule has 0 amide bonds. The molecule has 0 saturated carbocycles. The molecule has 2 aliphatic rings. The number of aromatic nitrogens is 2. The average Bonchev–Trinajstić information content (AvgIpc) is 3.21. The predicted molar refractivity (Wildman–Crippen MR) is 127 cm³/mol. The molecule has 31 heavy (non-hydrogen) atoms. The zero-order valence-electron chi connectivity index (χ0n) is 18.7. The maximum atomic E-state index is 5.49. The Balaban J connectivity index is 1.57. The third-order valence-electron chi connectivity index (χ3n) is 6.84. The molecule has 1 spiro atoms. The minimum atomic E-state index is 0.398. The number of nitrogens with zero attached hydrogens (tertiary/aromatic N) is 4. The number of pyridine rings is 2. The van der Waals surface area contributed by atoms with Gasteiger partial charge in [-0.15, -0.1) is 0 Å². The number of rotatable bonds is 4. The van der Waals surface area contributed by atoms with Gasteiger partial charge in [0.15, 0.2) is 0 Å². The van der Waals surface area contributed by atoms with E-state index in [0.29, 0.717) is 5.41 Å². The van der Waals surface area contributed by atoms with Crippen LogP contribution in [-0.2, 0) is 0 Å². The Hall–Kier alpha value is -2.86. The molecule has 162 valence electrons. The molecule has 1 aromatic carbocycles. The van der Waals surface area contributed by atoms with E-state index in [1.54, 1.807) is 7.11 Å². The van der Waals surface area contributed by atoms with Crippen molar-refractivity contribution in [2.24, 2.45) is 5.41 Å². The Bertz CT molecular complexity index is 1070. The van der Waals surface area contributed by atoms with Gasteiger partial charge in [0.1, 0.15) is 11.6 Å². The van der Waals surface area contributed by atoms with Gasteiger partial charge in [-0.25, -0.2) is 9.97 Å². The molecule has 2 saturated heterocycles. The molecule has 3 aromatic rings. The van der Waals surface area contributed by atoms with Crippen LogP contribution in [0.4, 0.5) is 11.5 Å². The van der Waals surface area contributed by atoms with Crippen LogP contribution in [0.5, 0.6) is 5.75 Å². The van der Waals surface area contributed by atoms with Gasteiger partial charge in [-0.1, -0.05) is 0 Å². The number of piperidine rings is 1. The molecule has 0 aliphatic carbocycles. The topological polar surface area (TPSA) is 53.5 Å². The Morgan fingerprint density at radius 2 is 2.03 bits per heavy atom. The van der Waals surface area contributed by atoms with Crippen LogP contribution in [0.3, 0.4) is 0 Å². The summed E-state index contributed by atoms with van der Waals surface area (Å²) in [6.45, 7) is 4.47. The van der Waals surface area contributed by atoms with E-state index in [9.17, 15) is 0 Å². The summed E-state index contributed by atoms with van der Waals surface area (Å²) in [5.74, 6) is 1.77. The van der Waals surface area contributed by atoms with Gasteiger partial charge in [0.2, 0.25) is 0 Å². The zero-order chi connectivity index (χ0) is 21.4. The zero-order valence-corrected chi connectivity index (χ0v) is 18.7. The van der Waals surface area contributed by atoms with E-state index < -0.39 is 0 Å². The maximum Gasteiger partial charge on any atom is 0.127 e. The number of benzene rings is 1. The van der Waals surface area contributed by atoms with E-state index >= 15 is 0 Å². The van der Waals surface area contributed by atoms with Gasteiger partial charge in [0.25, 0.3) is 0 Å². The standard InChI is InChI=1S/C25H31N5O/c1-29(2)24-8-5-18(15-27-24)21-14-23(20-7-6-19(31-3)13-22(20)28-21)30-12-10-25(17-30)9-4-11-26-16-25/h5-8,13-15,26H,4,9-12,16-17H2,1-3H3. The monoisotopic (exact) mass is 417 g/mol. The lowest BCUT2D eigenvalue weighted by molar-refractivity contribution is 0.239. The molecule has 4 heterocycles. The Morgan fingerprint density at radius 1 is 1.13 bits per heavy atom. The fourth-order valence-electron chi connectivity index (χ4n) is 5.05. The van der Waals surface area contributed by atoms with Gasteiger partial charge in [0.05, 0.1) is 18.3 Å². The van der Waals surface area contributed by atoms with E-state index in [4.69, 9.17) is 9.72 Å². The van der Waals surface area contributed by atoms with Crippen molar-refractivity contribution in [2.75, 3.05) is 57.2 Å². The van der Waals surface area contributed by atoms with E-state index in [-0.39, 0.29) is 0 Å². The van der Waals surface area contributed by atoms with Crippen molar-refractivity contribution in [1.29, 1.82) is 0 Å². The highest BCUT2D eigenvalue weighted by Crippen LogP contribution is 2.41. The van der Waals surface area contributed by atoms with E-state index in [1.165, 1.54) is 30.3 Å². The van der Waals surface area contributed by atoms with Gasteiger partial charge in [-0.3, -0.25) is 0 Å². The molecule has 0 bridgehead atoms. The van der Waals surface area contributed by atoms with Crippen LogP contribution in [0.2, 0.25) is 0 Å². The number of ether oxygens (including phenoxy) is 1. The van der Waals surface area contributed by atoms with Gasteiger partial charge >= 0.3 is 0 Å². The number of nitrogens with one attached hydrogen (secondary N) is 1. The highest BCUT2D eigenvalue weighted by atomic mass is 16.5. The van der Waals surface area contributed by atoms with Crippen LogP contribution in [0.15, 0.2) is 42.6 Å². The summed E-state index contributed by atoms with van der Waals surface area (Å²) in [6.07, 6.45) is 5.76. The first-order chi connectivity index (χ1) is 15.1. The van der Waals surface area contributed by atoms with Crippen molar-refractivity contribution < 1.29 is 4.74 Å². The molecular weight excluding hydrogens is 386 g/mol. The molecule has 1 N–H and O–H groups in total. The fourth-order valence-corrected chi connectivity index (χ4v) is 5.05. The van der Waals surface area contributed by atoms with Crippen LogP contribution in [-0.4, -0.2) is 57.4 Å². The van der Waals surface area contributed by atoms with E-state index in [0.717, 1.165) is 54.5 Å². The number of hydrogen-bond donors (Lipinski definition) is 1. The predicted octanol–water partition coefficient (Wildman–Crippen LogP) is 3.95. The summed E-state index contributed by atoms with van der Waals surface area (Å²) in [6, 6.07) is 12.6. The fraction of sp³-hybridized carbons (Fsp3) is 0.440. The van der Waals surface area contributed by atoms with E-state index in [1.807, 2.05) is 43.4 Å². The SMILES string of the molecule is COc1ccc2c(N3CCC4(CCCNC4)C3)cc(-c3ccc(N(C)C)nc3)nc2c1. The van der Waals surface area contributed by atoms with Crippen molar-refractivity contribution in [1.82, 2.24) is 15.3 Å². The van der Waals surface area contributed by atoms with Crippen molar-refractivity contribution in [3.63, 3.8) is 0 Å². The normalized spacial score (nSPS) is 21.1. The third-order valence-corrected chi connectivity index (χ3v) is 6.84. The summed E-state index contributed by atoms with van der Waals surface area (Å²) in [4.78, 5) is 14.2. The number of hydrogen-bond acceptors (Lipinski definition) is 6. The summed E-state index contributed by atoms with van der Waals surface area (Å²) in [7, 11) is 5.71. The molecule has 6 heteroatoms. The molecule has 5 rings (SSSR count). The largest absolute Gasteiger partial charge is 0.497 e. The van der Waals surface area contributed by atoms with Crippen LogP contribution in [0, 0.1) is 5.41 Å². The quantitative estimate of drug-likeness (QED) is 0.694. The molecule has 2 aliphatic heterocycles. The molecule has 2 fully saturated rings. The number of methoxy groups -OCH3 is 1. The minimum Gasteiger partial charge on any atom is -0.497 e. The van der Waals surface area contributed by atoms with E-state index in [2.05, 4.69) is 33.4 Å². The van der Waals surface area contributed by atoms with Gasteiger partial charge in [0, 0.05) is 68.0 Å². The van der Waals surface area contributed by atoms with Crippen LogP contribution in [0.1, 0.15) is 19.3 Å². The summed E-state index contributed by atoms with van der Waals surface area (Å²) >= 11 is 0. The van der Waals surface area contributed by atoms with Crippen molar-refractivity contribution in [3.8, 4) is 17.0 Å². The van der Waals surface area contributed by atoms with Crippen LogP contribution in [0.25, 0.3) is 22.2 Å². The molecular formula is C25H31N5O. The highest BCUT2D eigenvalue weighted by molar-refractivity contribution is 5.95. The average molecular weight is 418 g/mol. The lowest BCUT2D eigenvalue weighted by Crippen LogP contribution is -2.41. The molecule has 2 aromatic heterocycles. The lowest BCUT2D eigenvalue weighted by Gasteiger charge is -2.34. The van der Waals surface area contributed by atoms with Crippen molar-refractivity contribution >= 4 is 22.4 Å². The molecule has 1 unspecified atom stereocenters. The minimum absolute atomic E-state index is 0.398. The maximum absolute atomic E-state index is 5.49. The van der Waals surface area contributed by atoms with Gasteiger partial charge in [-0.05, 0) is 56.1 Å². The second-order valence-electron chi connectivity index (χ2n) is 9.16.